The number of hydrogen-bond donors (Lipinski definition) is 4. The first-order chi connectivity index (χ1) is 18.7. The van der Waals surface area contributed by atoms with E-state index < -0.39 is 35.8 Å². The molecule has 0 saturated heterocycles. The molecule has 1 aliphatic carbocycles. The molecule has 1 saturated carbocycles. The largest absolute Gasteiger partial charge is 0.390 e. The van der Waals surface area contributed by atoms with Gasteiger partial charge in [-0.3, -0.25) is 4.79 Å². The Hall–Kier alpha value is -4.11. The fourth-order valence-corrected chi connectivity index (χ4v) is 4.82. The summed E-state index contributed by atoms with van der Waals surface area (Å²) in [5, 5.41) is 27.6. The Morgan fingerprint density at radius 3 is 2.69 bits per heavy atom. The van der Waals surface area contributed by atoms with Crippen LogP contribution in [-0.4, -0.2) is 54.9 Å². The lowest BCUT2D eigenvalue weighted by Crippen LogP contribution is -2.36. The number of fused-ring (bicyclic) bond motifs is 1. The first kappa shape index (κ1) is 26.5. The van der Waals surface area contributed by atoms with Crippen molar-refractivity contribution in [3.05, 3.63) is 82.4 Å². The number of aliphatic hydroxyl groups excluding tert-OH is 2. The van der Waals surface area contributed by atoms with Crippen molar-refractivity contribution in [3.63, 3.8) is 0 Å². The number of nitrogens with one attached hydrogen (secondary N) is 2. The fourth-order valence-electron chi connectivity index (χ4n) is 4.60. The summed E-state index contributed by atoms with van der Waals surface area (Å²) in [7, 11) is 1.46. The summed E-state index contributed by atoms with van der Waals surface area (Å²) in [4.78, 5) is 25.7. The monoisotopic (exact) mass is 552 g/mol. The second-order valence-electron chi connectivity index (χ2n) is 9.09. The summed E-state index contributed by atoms with van der Waals surface area (Å²) >= 11 is 6.10. The van der Waals surface area contributed by atoms with E-state index in [-0.39, 0.29) is 23.7 Å². The molecule has 5 rings (SSSR count). The molecule has 1 fully saturated rings. The van der Waals surface area contributed by atoms with E-state index in [9.17, 15) is 23.8 Å². The number of benzene rings is 2. The lowest BCUT2D eigenvalue weighted by molar-refractivity contribution is -0.128. The van der Waals surface area contributed by atoms with E-state index in [1.54, 1.807) is 16.7 Å². The third-order valence-corrected chi connectivity index (χ3v) is 6.84. The van der Waals surface area contributed by atoms with Crippen molar-refractivity contribution in [2.75, 3.05) is 12.4 Å². The highest BCUT2D eigenvalue weighted by Crippen LogP contribution is 2.37. The lowest BCUT2D eigenvalue weighted by atomic mass is 10.1. The van der Waals surface area contributed by atoms with E-state index in [1.807, 2.05) is 12.1 Å². The highest BCUT2D eigenvalue weighted by atomic mass is 35.5. The Balaban J connectivity index is 1.55. The number of imidazole rings is 1. The second kappa shape index (κ2) is 10.9. The summed E-state index contributed by atoms with van der Waals surface area (Å²) in [6.07, 6.45) is -0.913. The van der Waals surface area contributed by atoms with Gasteiger partial charge in [-0.05, 0) is 48.2 Å². The highest BCUT2D eigenvalue weighted by Gasteiger charge is 2.46. The summed E-state index contributed by atoms with van der Waals surface area (Å²) < 4.78 is 28.6. The van der Waals surface area contributed by atoms with E-state index in [0.717, 1.165) is 17.7 Å². The van der Waals surface area contributed by atoms with Gasteiger partial charge in [-0.15, -0.1) is 0 Å². The molecule has 0 radical (unpaired) electrons. The van der Waals surface area contributed by atoms with Gasteiger partial charge in [0.25, 0.3) is 0 Å². The van der Waals surface area contributed by atoms with Crippen LogP contribution in [0, 0.1) is 29.4 Å². The Kier molecular flexibility index (Phi) is 7.43. The molecular weight excluding hydrogens is 530 g/mol. The van der Waals surface area contributed by atoms with Crippen LogP contribution >= 0.6 is 11.6 Å². The molecule has 0 unspecified atom stereocenters. The minimum absolute atomic E-state index is 0.0541. The average molecular weight is 553 g/mol. The van der Waals surface area contributed by atoms with Crippen LogP contribution in [0.25, 0.3) is 11.2 Å². The van der Waals surface area contributed by atoms with Crippen molar-refractivity contribution in [1.29, 1.82) is 0 Å². The summed E-state index contributed by atoms with van der Waals surface area (Å²) in [5.74, 6) is 2.68. The molecule has 1 aliphatic rings. The van der Waals surface area contributed by atoms with Gasteiger partial charge in [0.05, 0.1) is 24.4 Å². The Morgan fingerprint density at radius 1 is 1.13 bits per heavy atom. The van der Waals surface area contributed by atoms with E-state index in [2.05, 4.69) is 37.4 Å². The van der Waals surface area contributed by atoms with Gasteiger partial charge in [0.15, 0.2) is 28.6 Å². The normalized spacial score (nSPS) is 20.5. The second-order valence-corrected chi connectivity index (χ2v) is 9.52. The fraction of sp³-hybridized carbons (Fsp3) is 0.259. The molecule has 12 heteroatoms. The standard InChI is InChI=1S/C27H23ClF2N6O3/c1-31-27(39)17-11-20(24(38)23(17)37)36-13-33-22-25(32-12-15-3-2-4-16(28)9-15)34-21(35-26(22)36)8-6-14-5-7-18(29)19(30)10-14/h2-5,7,9-10,13,17,20,23-24,37-38H,11-12H2,1H3,(H,31,39)(H,32,34,35)/t17-,20+,23+,24-/m0/s1. The molecular formula is C27H23ClF2N6O3. The van der Waals surface area contributed by atoms with E-state index >= 15 is 0 Å². The molecule has 2 heterocycles. The van der Waals surface area contributed by atoms with Gasteiger partial charge in [-0.2, -0.15) is 0 Å². The lowest BCUT2D eigenvalue weighted by Gasteiger charge is -2.18. The van der Waals surface area contributed by atoms with Crippen LogP contribution in [0.4, 0.5) is 14.6 Å². The predicted molar refractivity (Wildman–Crippen MR) is 140 cm³/mol. The van der Waals surface area contributed by atoms with Gasteiger partial charge in [-0.1, -0.05) is 29.7 Å². The van der Waals surface area contributed by atoms with Crippen LogP contribution in [0.1, 0.15) is 29.4 Å². The van der Waals surface area contributed by atoms with Gasteiger partial charge in [0, 0.05) is 24.2 Å². The van der Waals surface area contributed by atoms with Crippen LogP contribution in [0.15, 0.2) is 48.8 Å². The average Bonchev–Trinajstić information content (AvgIpc) is 3.48. The highest BCUT2D eigenvalue weighted by molar-refractivity contribution is 6.30. The molecule has 2 aromatic heterocycles. The molecule has 39 heavy (non-hydrogen) atoms. The first-order valence-electron chi connectivity index (χ1n) is 12.0. The molecule has 0 bridgehead atoms. The minimum atomic E-state index is -1.28. The summed E-state index contributed by atoms with van der Waals surface area (Å²) in [6.45, 7) is 0.346. The predicted octanol–water partition coefficient (Wildman–Crippen LogP) is 2.80. The summed E-state index contributed by atoms with van der Waals surface area (Å²) in [6, 6.07) is 9.84. The van der Waals surface area contributed by atoms with Crippen molar-refractivity contribution in [2.24, 2.45) is 5.92 Å². The Bertz CT molecular complexity index is 1620. The number of amides is 1. The molecule has 0 aliphatic heterocycles. The number of halogens is 3. The third-order valence-electron chi connectivity index (χ3n) is 6.60. The maximum absolute atomic E-state index is 13.7. The van der Waals surface area contributed by atoms with Gasteiger partial charge in [-0.25, -0.2) is 23.7 Å². The number of carbonyl (C=O) groups is 1. The van der Waals surface area contributed by atoms with Crippen molar-refractivity contribution in [2.45, 2.75) is 31.2 Å². The topological polar surface area (TPSA) is 125 Å². The van der Waals surface area contributed by atoms with Crippen molar-refractivity contribution < 1.29 is 23.8 Å². The molecule has 1 amide bonds. The van der Waals surface area contributed by atoms with Crippen LogP contribution in [0.3, 0.4) is 0 Å². The van der Waals surface area contributed by atoms with Crippen molar-refractivity contribution >= 4 is 34.5 Å². The number of nitrogens with zero attached hydrogens (tertiary/aromatic N) is 4. The van der Waals surface area contributed by atoms with Gasteiger partial charge in [0.2, 0.25) is 11.7 Å². The van der Waals surface area contributed by atoms with Gasteiger partial charge >= 0.3 is 0 Å². The maximum Gasteiger partial charge on any atom is 0.225 e. The van der Waals surface area contributed by atoms with Crippen LogP contribution in [0.5, 0.6) is 0 Å². The van der Waals surface area contributed by atoms with E-state index in [1.165, 1.54) is 19.4 Å². The van der Waals surface area contributed by atoms with Gasteiger partial charge in [0.1, 0.15) is 6.10 Å². The van der Waals surface area contributed by atoms with E-state index in [0.29, 0.717) is 28.5 Å². The molecule has 4 aromatic rings. The van der Waals surface area contributed by atoms with E-state index in [4.69, 9.17) is 11.6 Å². The molecule has 0 spiro atoms. The molecule has 4 N–H and O–H groups in total. The Labute approximate surface area is 226 Å². The van der Waals surface area contributed by atoms with Crippen molar-refractivity contribution in [1.82, 2.24) is 24.8 Å². The number of hydrogen-bond acceptors (Lipinski definition) is 7. The third kappa shape index (κ3) is 5.40. The minimum Gasteiger partial charge on any atom is -0.390 e. The Morgan fingerprint density at radius 2 is 1.95 bits per heavy atom. The quantitative estimate of drug-likeness (QED) is 0.281. The van der Waals surface area contributed by atoms with Gasteiger partial charge < -0.3 is 25.4 Å². The molecule has 2 aromatic carbocycles. The SMILES string of the molecule is CNC(=O)[C@H]1C[C@@H](n2cnc3c(NCc4cccc(Cl)c4)nc(C#Cc4ccc(F)c(F)c4)nc32)[C@H](O)[C@@H]1O. The summed E-state index contributed by atoms with van der Waals surface area (Å²) in [5.41, 5.74) is 1.79. The molecule has 9 nitrogen and oxygen atoms in total. The smallest absolute Gasteiger partial charge is 0.225 e. The first-order valence-corrected chi connectivity index (χ1v) is 12.4. The van der Waals surface area contributed by atoms with Crippen LogP contribution in [-0.2, 0) is 11.3 Å². The number of carbonyl (C=O) groups excluding carboxylic acids is 1. The maximum atomic E-state index is 13.7. The zero-order chi connectivity index (χ0) is 27.7. The molecule has 200 valence electrons. The van der Waals surface area contributed by atoms with Crippen LogP contribution in [0.2, 0.25) is 5.02 Å². The van der Waals surface area contributed by atoms with Crippen molar-refractivity contribution in [3.8, 4) is 11.8 Å². The number of anilines is 1. The molecule has 4 atom stereocenters. The number of rotatable bonds is 5. The zero-order valence-electron chi connectivity index (χ0n) is 20.6. The zero-order valence-corrected chi connectivity index (χ0v) is 21.3. The number of aromatic nitrogens is 4. The number of aliphatic hydroxyl groups is 2. The van der Waals surface area contributed by atoms with Crippen LogP contribution < -0.4 is 10.6 Å².